The molecule has 0 spiro atoms. The zero-order valence-corrected chi connectivity index (χ0v) is 9.53. The molecule has 1 atom stereocenters. The van der Waals surface area contributed by atoms with E-state index in [1.54, 1.807) is 0 Å². The number of hydrogen-bond donors (Lipinski definition) is 1. The Morgan fingerprint density at radius 2 is 1.87 bits per heavy atom. The summed E-state index contributed by atoms with van der Waals surface area (Å²) < 4.78 is 40.1. The van der Waals surface area contributed by atoms with Crippen molar-refractivity contribution in [1.82, 2.24) is 5.32 Å². The summed E-state index contributed by atoms with van der Waals surface area (Å²) in [5.41, 5.74) is 0. The van der Waals surface area contributed by atoms with E-state index >= 15 is 0 Å². The minimum atomic E-state index is -4.23. The molecule has 0 radical (unpaired) electrons. The van der Waals surface area contributed by atoms with Gasteiger partial charge < -0.3 is 10.1 Å². The smallest absolute Gasteiger partial charge is 0.370 e. The van der Waals surface area contributed by atoms with Gasteiger partial charge in [0.25, 0.3) is 0 Å². The van der Waals surface area contributed by atoms with Crippen LogP contribution in [-0.4, -0.2) is 32.0 Å². The van der Waals surface area contributed by atoms with Gasteiger partial charge in [-0.15, -0.1) is 0 Å². The van der Waals surface area contributed by atoms with E-state index < -0.39 is 12.8 Å². The molecule has 0 bridgehead atoms. The van der Waals surface area contributed by atoms with Crippen LogP contribution < -0.4 is 5.32 Å². The molecule has 1 unspecified atom stereocenters. The van der Waals surface area contributed by atoms with Crippen molar-refractivity contribution in [2.24, 2.45) is 5.92 Å². The monoisotopic (exact) mass is 227 g/mol. The van der Waals surface area contributed by atoms with Crippen LogP contribution in [0.25, 0.3) is 0 Å². The predicted molar refractivity (Wildman–Crippen MR) is 53.8 cm³/mol. The second kappa shape index (κ2) is 7.06. The fourth-order valence-electron chi connectivity index (χ4n) is 1.12. The highest BCUT2D eigenvalue weighted by Gasteiger charge is 2.28. The van der Waals surface area contributed by atoms with Crippen molar-refractivity contribution in [2.75, 3.05) is 19.8 Å². The van der Waals surface area contributed by atoms with Gasteiger partial charge in [-0.05, 0) is 18.9 Å². The summed E-state index contributed by atoms with van der Waals surface area (Å²) in [5.74, 6) is 0.268. The first-order chi connectivity index (χ1) is 6.87. The van der Waals surface area contributed by atoms with Gasteiger partial charge in [-0.1, -0.05) is 20.8 Å². The van der Waals surface area contributed by atoms with Crippen molar-refractivity contribution in [3.8, 4) is 0 Å². The molecule has 5 heteroatoms. The van der Waals surface area contributed by atoms with E-state index in [9.17, 15) is 13.2 Å². The Bertz CT molecular complexity index is 159. The van der Waals surface area contributed by atoms with Gasteiger partial charge >= 0.3 is 6.18 Å². The van der Waals surface area contributed by atoms with Crippen molar-refractivity contribution in [3.05, 3.63) is 0 Å². The predicted octanol–water partition coefficient (Wildman–Crippen LogP) is 2.59. The molecule has 0 saturated carbocycles. The maximum Gasteiger partial charge on any atom is 0.411 e. The highest BCUT2D eigenvalue weighted by atomic mass is 19.4. The minimum Gasteiger partial charge on any atom is -0.370 e. The third-order valence-electron chi connectivity index (χ3n) is 2.02. The van der Waals surface area contributed by atoms with Gasteiger partial charge in [0, 0.05) is 6.04 Å². The third kappa shape index (κ3) is 8.69. The van der Waals surface area contributed by atoms with E-state index in [1.165, 1.54) is 0 Å². The van der Waals surface area contributed by atoms with Gasteiger partial charge in [-0.3, -0.25) is 0 Å². The Hall–Kier alpha value is -0.290. The van der Waals surface area contributed by atoms with E-state index in [1.807, 2.05) is 20.8 Å². The van der Waals surface area contributed by atoms with Crippen LogP contribution in [0.5, 0.6) is 0 Å². The third-order valence-corrected chi connectivity index (χ3v) is 2.02. The molecule has 0 aromatic rings. The van der Waals surface area contributed by atoms with Crippen LogP contribution >= 0.6 is 0 Å². The van der Waals surface area contributed by atoms with Crippen LogP contribution in [0, 0.1) is 5.92 Å². The summed E-state index contributed by atoms with van der Waals surface area (Å²) in [4.78, 5) is 0. The molecule has 0 rings (SSSR count). The van der Waals surface area contributed by atoms with Crippen LogP contribution in [0.4, 0.5) is 13.2 Å². The minimum absolute atomic E-state index is 0.00713. The SMILES string of the molecule is CCCNC(COCC(F)(F)F)C(C)C. The number of hydrogen-bond acceptors (Lipinski definition) is 2. The van der Waals surface area contributed by atoms with Gasteiger partial charge in [-0.25, -0.2) is 0 Å². The van der Waals surface area contributed by atoms with Crippen LogP contribution in [0.2, 0.25) is 0 Å². The zero-order chi connectivity index (χ0) is 11.9. The summed E-state index contributed by atoms with van der Waals surface area (Å²) in [7, 11) is 0. The number of ether oxygens (including phenoxy) is 1. The first-order valence-corrected chi connectivity index (χ1v) is 5.24. The van der Waals surface area contributed by atoms with E-state index in [-0.39, 0.29) is 18.6 Å². The average molecular weight is 227 g/mol. The van der Waals surface area contributed by atoms with Gasteiger partial charge in [0.1, 0.15) is 6.61 Å². The van der Waals surface area contributed by atoms with Crippen LogP contribution in [0.15, 0.2) is 0 Å². The lowest BCUT2D eigenvalue weighted by Gasteiger charge is -2.22. The quantitative estimate of drug-likeness (QED) is 0.721. The fraction of sp³-hybridized carbons (Fsp3) is 1.00. The first kappa shape index (κ1) is 14.7. The summed E-state index contributed by atoms with van der Waals surface area (Å²) in [6.45, 7) is 5.69. The highest BCUT2D eigenvalue weighted by Crippen LogP contribution is 2.15. The van der Waals surface area contributed by atoms with Crippen molar-refractivity contribution in [3.63, 3.8) is 0 Å². The molecule has 0 aromatic carbocycles. The molecular weight excluding hydrogens is 207 g/mol. The number of rotatable bonds is 7. The summed E-state index contributed by atoms with van der Waals surface area (Å²) >= 11 is 0. The molecule has 0 aliphatic rings. The maximum atomic E-state index is 11.8. The zero-order valence-electron chi connectivity index (χ0n) is 9.53. The van der Waals surface area contributed by atoms with E-state index in [0.717, 1.165) is 13.0 Å². The second-order valence-corrected chi connectivity index (χ2v) is 3.93. The summed E-state index contributed by atoms with van der Waals surface area (Å²) in [6.07, 6.45) is -3.27. The van der Waals surface area contributed by atoms with Crippen molar-refractivity contribution in [2.45, 2.75) is 39.4 Å². The van der Waals surface area contributed by atoms with Gasteiger partial charge in [0.2, 0.25) is 0 Å². The number of nitrogens with one attached hydrogen (secondary N) is 1. The molecule has 2 nitrogen and oxygen atoms in total. The van der Waals surface area contributed by atoms with Crippen molar-refractivity contribution >= 4 is 0 Å². The largest absolute Gasteiger partial charge is 0.411 e. The Morgan fingerprint density at radius 3 is 2.27 bits per heavy atom. The summed E-state index contributed by atoms with van der Waals surface area (Å²) in [5, 5.41) is 3.16. The average Bonchev–Trinajstić information content (AvgIpc) is 2.08. The molecule has 1 N–H and O–H groups in total. The Labute approximate surface area is 89.2 Å². The Morgan fingerprint density at radius 1 is 1.27 bits per heavy atom. The molecule has 92 valence electrons. The standard InChI is InChI=1S/C10H20F3NO/c1-4-5-14-9(8(2)3)6-15-7-10(11,12)13/h8-9,14H,4-7H2,1-3H3. The molecule has 0 saturated heterocycles. The maximum absolute atomic E-state index is 11.8. The topological polar surface area (TPSA) is 21.3 Å². The second-order valence-electron chi connectivity index (χ2n) is 3.93. The van der Waals surface area contributed by atoms with Crippen LogP contribution in [0.1, 0.15) is 27.2 Å². The molecule has 0 heterocycles. The lowest BCUT2D eigenvalue weighted by Crippen LogP contribution is -2.39. The Balaban J connectivity index is 3.76. The molecule has 0 aliphatic carbocycles. The molecule has 0 amide bonds. The van der Waals surface area contributed by atoms with Crippen molar-refractivity contribution in [1.29, 1.82) is 0 Å². The molecule has 0 aromatic heterocycles. The van der Waals surface area contributed by atoms with Gasteiger partial charge in [0.15, 0.2) is 0 Å². The van der Waals surface area contributed by atoms with Crippen LogP contribution in [0.3, 0.4) is 0 Å². The van der Waals surface area contributed by atoms with E-state index in [0.29, 0.717) is 0 Å². The van der Waals surface area contributed by atoms with Crippen molar-refractivity contribution < 1.29 is 17.9 Å². The number of alkyl halides is 3. The Kier molecular flexibility index (Phi) is 6.92. The first-order valence-electron chi connectivity index (χ1n) is 5.24. The molecular formula is C10H20F3NO. The lowest BCUT2D eigenvalue weighted by molar-refractivity contribution is -0.175. The normalized spacial score (nSPS) is 14.6. The number of halogens is 3. The lowest BCUT2D eigenvalue weighted by atomic mass is 10.1. The van der Waals surface area contributed by atoms with E-state index in [4.69, 9.17) is 0 Å². The molecule has 0 fully saturated rings. The van der Waals surface area contributed by atoms with Gasteiger partial charge in [0.05, 0.1) is 6.61 Å². The highest BCUT2D eigenvalue weighted by molar-refractivity contribution is 4.69. The van der Waals surface area contributed by atoms with E-state index in [2.05, 4.69) is 10.1 Å². The molecule has 15 heavy (non-hydrogen) atoms. The summed E-state index contributed by atoms with van der Waals surface area (Å²) in [6, 6.07) is -0.00713. The fourth-order valence-corrected chi connectivity index (χ4v) is 1.12. The van der Waals surface area contributed by atoms with Gasteiger partial charge in [-0.2, -0.15) is 13.2 Å². The van der Waals surface area contributed by atoms with Crippen LogP contribution in [-0.2, 0) is 4.74 Å². The molecule has 0 aliphatic heterocycles.